The smallest absolute Gasteiger partial charge is 0.319 e. The van der Waals surface area contributed by atoms with Gasteiger partial charge in [0.1, 0.15) is 0 Å². The summed E-state index contributed by atoms with van der Waals surface area (Å²) < 4.78 is 0.914. The van der Waals surface area contributed by atoms with Crippen LogP contribution in [-0.2, 0) is 9.59 Å². The number of hydrogen-bond donors (Lipinski definition) is 4. The molecular weight excluding hydrogens is 436 g/mol. The molecule has 0 heterocycles. The van der Waals surface area contributed by atoms with Gasteiger partial charge in [-0.25, -0.2) is 4.79 Å². The zero-order valence-corrected chi connectivity index (χ0v) is 18.3. The summed E-state index contributed by atoms with van der Waals surface area (Å²) in [5.41, 5.74) is 4.49. The van der Waals surface area contributed by atoms with Gasteiger partial charge in [0, 0.05) is 28.8 Å². The maximum atomic E-state index is 12.1. The largest absolute Gasteiger partial charge is 0.347 e. The maximum Gasteiger partial charge on any atom is 0.319 e. The van der Waals surface area contributed by atoms with Crippen LogP contribution in [0.4, 0.5) is 16.2 Å². The third kappa shape index (κ3) is 7.57. The van der Waals surface area contributed by atoms with Crippen LogP contribution >= 0.6 is 15.9 Å². The lowest BCUT2D eigenvalue weighted by atomic mass is 10.1. The van der Waals surface area contributed by atoms with Gasteiger partial charge in [0.25, 0.3) is 0 Å². The minimum absolute atomic E-state index is 0.0730. The van der Waals surface area contributed by atoms with Crippen molar-refractivity contribution in [2.45, 2.75) is 27.2 Å². The van der Waals surface area contributed by atoms with Gasteiger partial charge in [-0.1, -0.05) is 33.6 Å². The SMILES string of the molecule is Cc1cc(C)c(NC(=O)CNC(=O)CCNC(=O)Nc2ccc(Br)cc2)c(C)c1. The highest BCUT2D eigenvalue weighted by atomic mass is 79.9. The molecule has 0 atom stereocenters. The standard InChI is InChI=1S/C21H25BrN4O3/c1-13-10-14(2)20(15(3)11-13)26-19(28)12-24-18(27)8-9-23-21(29)25-17-6-4-16(22)5-7-17/h4-7,10-11H,8-9,12H2,1-3H3,(H,24,27)(H,26,28)(H2,23,25,29). The topological polar surface area (TPSA) is 99.3 Å². The van der Waals surface area contributed by atoms with Crippen molar-refractivity contribution in [1.82, 2.24) is 10.6 Å². The van der Waals surface area contributed by atoms with E-state index in [0.29, 0.717) is 5.69 Å². The van der Waals surface area contributed by atoms with Crippen molar-refractivity contribution in [2.24, 2.45) is 0 Å². The Morgan fingerprint density at radius 2 is 1.48 bits per heavy atom. The number of urea groups is 1. The maximum absolute atomic E-state index is 12.1. The molecule has 0 spiro atoms. The number of anilines is 2. The van der Waals surface area contributed by atoms with Crippen molar-refractivity contribution in [3.8, 4) is 0 Å². The van der Waals surface area contributed by atoms with Crippen molar-refractivity contribution in [2.75, 3.05) is 23.7 Å². The molecule has 2 aromatic carbocycles. The monoisotopic (exact) mass is 460 g/mol. The third-order valence-corrected chi connectivity index (χ3v) is 4.66. The van der Waals surface area contributed by atoms with Crippen LogP contribution in [0.3, 0.4) is 0 Å². The molecule has 0 aromatic heterocycles. The highest BCUT2D eigenvalue weighted by Gasteiger charge is 2.10. The normalized spacial score (nSPS) is 10.2. The molecule has 4 N–H and O–H groups in total. The summed E-state index contributed by atoms with van der Waals surface area (Å²) in [5, 5.41) is 10.7. The van der Waals surface area contributed by atoms with Crippen molar-refractivity contribution in [1.29, 1.82) is 0 Å². The molecule has 0 bridgehead atoms. The number of rotatable bonds is 7. The fourth-order valence-corrected chi connectivity index (χ4v) is 3.09. The number of halogens is 1. The van der Waals surface area contributed by atoms with Gasteiger partial charge in [-0.05, 0) is 56.2 Å². The zero-order chi connectivity index (χ0) is 21.4. The van der Waals surface area contributed by atoms with Gasteiger partial charge in [-0.3, -0.25) is 9.59 Å². The molecule has 0 aliphatic carbocycles. The predicted octanol–water partition coefficient (Wildman–Crippen LogP) is 3.64. The molecule has 154 valence electrons. The van der Waals surface area contributed by atoms with E-state index in [-0.39, 0.29) is 31.3 Å². The molecule has 4 amide bonds. The Morgan fingerprint density at radius 1 is 0.862 bits per heavy atom. The van der Waals surface area contributed by atoms with Crippen molar-refractivity contribution >= 4 is 45.2 Å². The first-order chi connectivity index (χ1) is 13.7. The molecule has 7 nitrogen and oxygen atoms in total. The molecule has 0 unspecified atom stereocenters. The third-order valence-electron chi connectivity index (χ3n) is 4.13. The van der Waals surface area contributed by atoms with E-state index < -0.39 is 6.03 Å². The van der Waals surface area contributed by atoms with Crippen LogP contribution < -0.4 is 21.3 Å². The van der Waals surface area contributed by atoms with Crippen LogP contribution in [0.15, 0.2) is 40.9 Å². The summed E-state index contributed by atoms with van der Waals surface area (Å²) >= 11 is 3.32. The highest BCUT2D eigenvalue weighted by Crippen LogP contribution is 2.21. The summed E-state index contributed by atoms with van der Waals surface area (Å²) in [6.45, 7) is 5.89. The molecule has 0 fully saturated rings. The second-order valence-electron chi connectivity index (χ2n) is 6.74. The van der Waals surface area contributed by atoms with Gasteiger partial charge < -0.3 is 21.3 Å². The minimum Gasteiger partial charge on any atom is -0.347 e. The van der Waals surface area contributed by atoms with Gasteiger partial charge in [-0.2, -0.15) is 0 Å². The van der Waals surface area contributed by atoms with Gasteiger partial charge >= 0.3 is 6.03 Å². The molecule has 8 heteroatoms. The Kier molecular flexibility index (Phi) is 8.21. The van der Waals surface area contributed by atoms with E-state index in [1.807, 2.05) is 45.0 Å². The van der Waals surface area contributed by atoms with E-state index >= 15 is 0 Å². The Hall–Kier alpha value is -2.87. The van der Waals surface area contributed by atoms with Gasteiger partial charge in [0.2, 0.25) is 11.8 Å². The van der Waals surface area contributed by atoms with Crippen LogP contribution in [0.2, 0.25) is 0 Å². The molecule has 29 heavy (non-hydrogen) atoms. The molecule has 0 aliphatic rings. The second kappa shape index (κ2) is 10.6. The van der Waals surface area contributed by atoms with Crippen molar-refractivity contribution in [3.05, 3.63) is 57.6 Å². The summed E-state index contributed by atoms with van der Waals surface area (Å²) in [6, 6.07) is 10.7. The van der Waals surface area contributed by atoms with Crippen LogP contribution in [0.1, 0.15) is 23.1 Å². The van der Waals surface area contributed by atoms with Crippen LogP contribution in [0.25, 0.3) is 0 Å². The van der Waals surface area contributed by atoms with E-state index in [4.69, 9.17) is 0 Å². The molecule has 0 saturated carbocycles. The van der Waals surface area contributed by atoms with Crippen molar-refractivity contribution < 1.29 is 14.4 Å². The second-order valence-corrected chi connectivity index (χ2v) is 7.65. The highest BCUT2D eigenvalue weighted by molar-refractivity contribution is 9.10. The fraction of sp³-hybridized carbons (Fsp3) is 0.286. The zero-order valence-electron chi connectivity index (χ0n) is 16.7. The minimum atomic E-state index is -0.400. The quantitative estimate of drug-likeness (QED) is 0.507. The van der Waals surface area contributed by atoms with Gasteiger partial charge in [0.05, 0.1) is 6.54 Å². The van der Waals surface area contributed by atoms with Gasteiger partial charge in [-0.15, -0.1) is 0 Å². The first-order valence-corrected chi connectivity index (χ1v) is 9.98. The molecule has 0 radical (unpaired) electrons. The summed E-state index contributed by atoms with van der Waals surface area (Å²) in [7, 11) is 0. The van der Waals surface area contributed by atoms with Crippen LogP contribution in [0.5, 0.6) is 0 Å². The summed E-state index contributed by atoms with van der Waals surface area (Å²) in [4.78, 5) is 35.8. The lowest BCUT2D eigenvalue weighted by Crippen LogP contribution is -2.36. The van der Waals surface area contributed by atoms with Crippen molar-refractivity contribution in [3.63, 3.8) is 0 Å². The van der Waals surface area contributed by atoms with Crippen LogP contribution in [-0.4, -0.2) is 30.9 Å². The number of aryl methyl sites for hydroxylation is 3. The molecule has 2 rings (SSSR count). The molecule has 0 aliphatic heterocycles. The molecular formula is C21H25BrN4O3. The predicted molar refractivity (Wildman–Crippen MR) is 118 cm³/mol. The van der Waals surface area contributed by atoms with E-state index in [1.165, 1.54) is 0 Å². The molecule has 2 aromatic rings. The first kappa shape index (κ1) is 22.4. The summed E-state index contributed by atoms with van der Waals surface area (Å²) in [6.07, 6.45) is 0.0730. The van der Waals surface area contributed by atoms with E-state index in [2.05, 4.69) is 37.2 Å². The number of nitrogens with one attached hydrogen (secondary N) is 4. The first-order valence-electron chi connectivity index (χ1n) is 9.19. The number of carbonyl (C=O) groups excluding carboxylic acids is 3. The Labute approximate surface area is 178 Å². The Bertz CT molecular complexity index is 874. The number of amides is 4. The lowest BCUT2D eigenvalue weighted by molar-refractivity contribution is -0.124. The van der Waals surface area contributed by atoms with E-state index in [0.717, 1.165) is 26.9 Å². The number of benzene rings is 2. The van der Waals surface area contributed by atoms with Crippen LogP contribution in [0, 0.1) is 20.8 Å². The average molecular weight is 461 g/mol. The van der Waals surface area contributed by atoms with Gasteiger partial charge in [0.15, 0.2) is 0 Å². The Balaban J connectivity index is 1.68. The summed E-state index contributed by atoms with van der Waals surface area (Å²) in [5.74, 6) is -0.615. The Morgan fingerprint density at radius 3 is 2.10 bits per heavy atom. The molecule has 0 saturated heterocycles. The number of carbonyl (C=O) groups is 3. The lowest BCUT2D eigenvalue weighted by Gasteiger charge is -2.13. The fourth-order valence-electron chi connectivity index (χ4n) is 2.83. The number of hydrogen-bond acceptors (Lipinski definition) is 3. The average Bonchev–Trinajstić information content (AvgIpc) is 2.65. The van der Waals surface area contributed by atoms with E-state index in [9.17, 15) is 14.4 Å². The van der Waals surface area contributed by atoms with E-state index in [1.54, 1.807) is 12.1 Å².